The summed E-state index contributed by atoms with van der Waals surface area (Å²) in [6.45, 7) is 2.24. The Morgan fingerprint density at radius 1 is 1.50 bits per heavy atom. The fourth-order valence-electron chi connectivity index (χ4n) is 2.82. The van der Waals surface area contributed by atoms with Gasteiger partial charge in [-0.15, -0.1) is 0 Å². The molecule has 0 aromatic carbocycles. The van der Waals surface area contributed by atoms with Crippen LogP contribution in [0.1, 0.15) is 43.0 Å². The van der Waals surface area contributed by atoms with Crippen molar-refractivity contribution in [3.8, 4) is 0 Å². The quantitative estimate of drug-likeness (QED) is 0.511. The fraction of sp³-hybridized carbons (Fsp3) is 0.571. The number of hydrazine groups is 1. The topological polar surface area (TPSA) is 71.2 Å². The molecule has 0 radical (unpaired) electrons. The molecular weight excluding hydrogens is 276 g/mol. The summed E-state index contributed by atoms with van der Waals surface area (Å²) in [5, 5.41) is 0.259. The lowest BCUT2D eigenvalue weighted by Gasteiger charge is -2.34. The van der Waals surface area contributed by atoms with Gasteiger partial charge in [-0.3, -0.25) is 4.79 Å². The van der Waals surface area contributed by atoms with Gasteiger partial charge in [0.2, 0.25) is 0 Å². The largest absolute Gasteiger partial charge is 0.339 e. The Morgan fingerprint density at radius 3 is 2.90 bits per heavy atom. The molecule has 1 fully saturated rings. The molecule has 20 heavy (non-hydrogen) atoms. The highest BCUT2D eigenvalue weighted by Crippen LogP contribution is 2.27. The SMILES string of the molecule is CC1CCCC(N(C)C(=O)c2cc(Cl)nc(NN)c2)C1. The van der Waals surface area contributed by atoms with Crippen molar-refractivity contribution in [1.29, 1.82) is 0 Å². The van der Waals surface area contributed by atoms with Crippen LogP contribution in [-0.4, -0.2) is 28.9 Å². The van der Waals surface area contributed by atoms with Gasteiger partial charge in [-0.05, 0) is 30.9 Å². The molecule has 1 aromatic rings. The van der Waals surface area contributed by atoms with E-state index in [1.807, 2.05) is 11.9 Å². The number of anilines is 1. The number of amides is 1. The number of nitrogen functional groups attached to an aromatic ring is 1. The van der Waals surface area contributed by atoms with Crippen molar-refractivity contribution in [2.75, 3.05) is 12.5 Å². The summed E-state index contributed by atoms with van der Waals surface area (Å²) in [7, 11) is 1.86. The molecule has 110 valence electrons. The van der Waals surface area contributed by atoms with E-state index >= 15 is 0 Å². The van der Waals surface area contributed by atoms with Crippen LogP contribution in [0.15, 0.2) is 12.1 Å². The van der Waals surface area contributed by atoms with Gasteiger partial charge in [-0.25, -0.2) is 10.8 Å². The summed E-state index contributed by atoms with van der Waals surface area (Å²) in [5.41, 5.74) is 2.93. The molecule has 0 spiro atoms. The molecule has 3 N–H and O–H groups in total. The lowest BCUT2D eigenvalue weighted by Crippen LogP contribution is -2.39. The summed E-state index contributed by atoms with van der Waals surface area (Å²) in [6, 6.07) is 3.50. The second-order valence-corrected chi connectivity index (χ2v) is 5.94. The van der Waals surface area contributed by atoms with E-state index in [-0.39, 0.29) is 11.1 Å². The monoisotopic (exact) mass is 296 g/mol. The molecule has 1 aliphatic carbocycles. The number of hydrogen-bond acceptors (Lipinski definition) is 4. The highest BCUT2D eigenvalue weighted by atomic mass is 35.5. The summed E-state index contributed by atoms with van der Waals surface area (Å²) < 4.78 is 0. The minimum absolute atomic E-state index is 0.0371. The van der Waals surface area contributed by atoms with E-state index in [0.29, 0.717) is 23.3 Å². The molecule has 1 aliphatic rings. The predicted molar refractivity (Wildman–Crippen MR) is 80.6 cm³/mol. The summed E-state index contributed by atoms with van der Waals surface area (Å²) >= 11 is 5.91. The molecule has 0 aliphatic heterocycles. The van der Waals surface area contributed by atoms with E-state index in [0.717, 1.165) is 12.8 Å². The molecule has 2 atom stereocenters. The van der Waals surface area contributed by atoms with Crippen molar-refractivity contribution in [3.05, 3.63) is 22.8 Å². The number of hydrogen-bond donors (Lipinski definition) is 2. The molecule has 5 nitrogen and oxygen atoms in total. The number of aromatic nitrogens is 1. The Balaban J connectivity index is 2.15. The number of carbonyl (C=O) groups excluding carboxylic acids is 1. The zero-order valence-corrected chi connectivity index (χ0v) is 12.7. The first-order valence-corrected chi connectivity index (χ1v) is 7.30. The first-order valence-electron chi connectivity index (χ1n) is 6.92. The van der Waals surface area contributed by atoms with Gasteiger partial charge in [-0.1, -0.05) is 31.4 Å². The van der Waals surface area contributed by atoms with Gasteiger partial charge in [0.15, 0.2) is 0 Å². The molecular formula is C14H21ClN4O. The number of carbonyl (C=O) groups is 1. The van der Waals surface area contributed by atoms with E-state index < -0.39 is 0 Å². The maximum Gasteiger partial charge on any atom is 0.254 e. The molecule has 2 rings (SSSR count). The number of nitrogens with one attached hydrogen (secondary N) is 1. The van der Waals surface area contributed by atoms with Crippen LogP contribution in [0.3, 0.4) is 0 Å². The normalized spacial score (nSPS) is 22.4. The van der Waals surface area contributed by atoms with Crippen LogP contribution in [-0.2, 0) is 0 Å². The van der Waals surface area contributed by atoms with Gasteiger partial charge in [0, 0.05) is 18.7 Å². The van der Waals surface area contributed by atoms with Gasteiger partial charge in [0.25, 0.3) is 5.91 Å². The van der Waals surface area contributed by atoms with Crippen molar-refractivity contribution < 1.29 is 4.79 Å². The van der Waals surface area contributed by atoms with Crippen LogP contribution < -0.4 is 11.3 Å². The Labute approximate surface area is 124 Å². The Kier molecular flexibility index (Phi) is 4.83. The molecule has 0 saturated heterocycles. The van der Waals surface area contributed by atoms with Crippen LogP contribution >= 0.6 is 11.6 Å². The first kappa shape index (κ1) is 15.1. The van der Waals surface area contributed by atoms with Gasteiger partial charge in [0.05, 0.1) is 0 Å². The van der Waals surface area contributed by atoms with Crippen molar-refractivity contribution in [2.45, 2.75) is 38.6 Å². The third-order valence-electron chi connectivity index (χ3n) is 3.97. The van der Waals surface area contributed by atoms with E-state index in [2.05, 4.69) is 17.3 Å². The molecule has 1 aromatic heterocycles. The molecule has 6 heteroatoms. The third-order valence-corrected chi connectivity index (χ3v) is 4.16. The van der Waals surface area contributed by atoms with Crippen LogP contribution in [0, 0.1) is 5.92 Å². The van der Waals surface area contributed by atoms with Gasteiger partial charge in [0.1, 0.15) is 11.0 Å². The lowest BCUT2D eigenvalue weighted by molar-refractivity contribution is 0.0672. The lowest BCUT2D eigenvalue weighted by atomic mass is 9.86. The minimum Gasteiger partial charge on any atom is -0.339 e. The number of halogens is 1. The average molecular weight is 297 g/mol. The molecule has 1 heterocycles. The predicted octanol–water partition coefficient (Wildman–Crippen LogP) is 2.67. The molecule has 1 amide bonds. The van der Waals surface area contributed by atoms with Crippen molar-refractivity contribution >= 4 is 23.3 Å². The third kappa shape index (κ3) is 3.41. The number of pyridine rings is 1. The molecule has 2 unspecified atom stereocenters. The molecule has 0 bridgehead atoms. The van der Waals surface area contributed by atoms with Crippen LogP contribution in [0.4, 0.5) is 5.82 Å². The summed E-state index contributed by atoms with van der Waals surface area (Å²) in [5.74, 6) is 6.36. The first-order chi connectivity index (χ1) is 9.51. The van der Waals surface area contributed by atoms with Gasteiger partial charge < -0.3 is 10.3 Å². The van der Waals surface area contributed by atoms with Crippen LogP contribution in [0.25, 0.3) is 0 Å². The number of nitrogens with zero attached hydrogens (tertiary/aromatic N) is 2. The highest BCUT2D eigenvalue weighted by Gasteiger charge is 2.26. The summed E-state index contributed by atoms with van der Waals surface area (Å²) in [4.78, 5) is 18.3. The van der Waals surface area contributed by atoms with E-state index in [1.54, 1.807) is 12.1 Å². The zero-order valence-electron chi connectivity index (χ0n) is 11.9. The van der Waals surface area contributed by atoms with Crippen molar-refractivity contribution in [1.82, 2.24) is 9.88 Å². The Bertz CT molecular complexity index is 494. The van der Waals surface area contributed by atoms with E-state index in [1.165, 1.54) is 12.8 Å². The van der Waals surface area contributed by atoms with Gasteiger partial charge >= 0.3 is 0 Å². The maximum absolute atomic E-state index is 12.5. The zero-order chi connectivity index (χ0) is 14.7. The van der Waals surface area contributed by atoms with Crippen LogP contribution in [0.2, 0.25) is 5.15 Å². The maximum atomic E-state index is 12.5. The highest BCUT2D eigenvalue weighted by molar-refractivity contribution is 6.29. The van der Waals surface area contributed by atoms with Crippen molar-refractivity contribution in [2.24, 2.45) is 11.8 Å². The second kappa shape index (κ2) is 6.41. The summed E-state index contributed by atoms with van der Waals surface area (Å²) in [6.07, 6.45) is 4.55. The number of rotatable bonds is 3. The van der Waals surface area contributed by atoms with Crippen molar-refractivity contribution in [3.63, 3.8) is 0 Å². The van der Waals surface area contributed by atoms with E-state index in [4.69, 9.17) is 17.4 Å². The average Bonchev–Trinajstić information content (AvgIpc) is 2.45. The van der Waals surface area contributed by atoms with Crippen LogP contribution in [0.5, 0.6) is 0 Å². The second-order valence-electron chi connectivity index (χ2n) is 5.55. The Hall–Kier alpha value is -1.33. The number of nitrogens with two attached hydrogens (primary N) is 1. The van der Waals surface area contributed by atoms with Gasteiger partial charge in [-0.2, -0.15) is 0 Å². The smallest absolute Gasteiger partial charge is 0.254 e. The fourth-order valence-corrected chi connectivity index (χ4v) is 3.03. The Morgan fingerprint density at radius 2 is 2.25 bits per heavy atom. The minimum atomic E-state index is -0.0371. The standard InChI is InChI=1S/C14H21ClN4O/c1-9-4-3-5-11(6-9)19(2)14(20)10-7-12(15)17-13(8-10)18-16/h7-9,11H,3-6,16H2,1-2H3,(H,17,18). The van der Waals surface area contributed by atoms with E-state index in [9.17, 15) is 4.79 Å². The molecule has 1 saturated carbocycles.